The van der Waals surface area contributed by atoms with Crippen LogP contribution in [-0.2, 0) is 13.1 Å². The Morgan fingerprint density at radius 2 is 1.61 bits per heavy atom. The van der Waals surface area contributed by atoms with Crippen LogP contribution in [0.5, 0.6) is 0 Å². The summed E-state index contributed by atoms with van der Waals surface area (Å²) in [6, 6.07) is 8.23. The Morgan fingerprint density at radius 1 is 0.893 bits per heavy atom. The van der Waals surface area contributed by atoms with Crippen LogP contribution < -0.4 is 0 Å². The Balaban J connectivity index is 1.54. The number of tetrazole rings is 1. The molecule has 28 heavy (non-hydrogen) atoms. The molecule has 2 aromatic heterocycles. The molecule has 0 bridgehead atoms. The van der Waals surface area contributed by atoms with Crippen LogP contribution in [0.4, 0.5) is 0 Å². The van der Waals surface area contributed by atoms with E-state index in [-0.39, 0.29) is 0 Å². The number of halogens is 4. The van der Waals surface area contributed by atoms with Gasteiger partial charge in [-0.05, 0) is 87.5 Å². The van der Waals surface area contributed by atoms with Crippen LogP contribution >= 0.6 is 63.7 Å². The van der Waals surface area contributed by atoms with E-state index in [2.05, 4.69) is 108 Å². The van der Waals surface area contributed by atoms with E-state index in [1.165, 1.54) is 5.56 Å². The van der Waals surface area contributed by atoms with Crippen molar-refractivity contribution in [3.63, 3.8) is 0 Å². The minimum atomic E-state index is 0.715. The molecule has 10 heteroatoms. The van der Waals surface area contributed by atoms with Crippen LogP contribution in [0, 0.1) is 6.92 Å². The average Bonchev–Trinajstić information content (AvgIpc) is 3.33. The molecule has 0 radical (unpaired) electrons. The molecule has 0 fully saturated rings. The maximum absolute atomic E-state index is 4.56. The van der Waals surface area contributed by atoms with Crippen LogP contribution in [0.15, 0.2) is 48.5 Å². The number of imidazole rings is 1. The summed E-state index contributed by atoms with van der Waals surface area (Å²) in [7, 11) is 0. The van der Waals surface area contributed by atoms with E-state index < -0.39 is 0 Å². The van der Waals surface area contributed by atoms with Crippen molar-refractivity contribution in [1.82, 2.24) is 29.8 Å². The maximum atomic E-state index is 4.56. The van der Waals surface area contributed by atoms with E-state index in [1.807, 2.05) is 23.1 Å². The summed E-state index contributed by atoms with van der Waals surface area (Å²) in [5.41, 5.74) is 4.18. The third kappa shape index (κ3) is 3.71. The molecule has 0 unspecified atom stereocenters. The van der Waals surface area contributed by atoms with Crippen LogP contribution in [0.1, 0.15) is 12.0 Å². The van der Waals surface area contributed by atoms with E-state index in [9.17, 15) is 0 Å². The van der Waals surface area contributed by atoms with Crippen LogP contribution in [0.2, 0.25) is 0 Å². The number of rotatable bonds is 5. The van der Waals surface area contributed by atoms with Gasteiger partial charge in [0.15, 0.2) is 5.82 Å². The Morgan fingerprint density at radius 3 is 2.36 bits per heavy atom. The Labute approximate surface area is 195 Å². The molecule has 0 aliphatic rings. The van der Waals surface area contributed by atoms with Gasteiger partial charge in [-0.25, -0.2) is 9.67 Å². The Kier molecular flexibility index (Phi) is 6.01. The highest BCUT2D eigenvalue weighted by atomic mass is 79.9. The first kappa shape index (κ1) is 20.2. The van der Waals surface area contributed by atoms with Crippen molar-refractivity contribution in [2.75, 3.05) is 0 Å². The quantitative estimate of drug-likeness (QED) is 0.196. The summed E-state index contributed by atoms with van der Waals surface area (Å²) in [4.78, 5) is 4.56. The van der Waals surface area contributed by atoms with Gasteiger partial charge in [0.1, 0.15) is 5.52 Å². The zero-order valence-corrected chi connectivity index (χ0v) is 21.0. The van der Waals surface area contributed by atoms with Gasteiger partial charge in [0.25, 0.3) is 0 Å². The highest BCUT2D eigenvalue weighted by Crippen LogP contribution is 2.43. The van der Waals surface area contributed by atoms with E-state index in [1.54, 1.807) is 0 Å². The fourth-order valence-corrected chi connectivity index (χ4v) is 5.40. The summed E-state index contributed by atoms with van der Waals surface area (Å²) in [5, 5.41) is 12.2. The minimum Gasteiger partial charge on any atom is -0.330 e. The number of aryl methyl sites for hydroxylation is 3. The van der Waals surface area contributed by atoms with Gasteiger partial charge < -0.3 is 4.57 Å². The molecule has 0 N–H and O–H groups in total. The van der Waals surface area contributed by atoms with E-state index in [0.29, 0.717) is 6.54 Å². The predicted octanol–water partition coefficient (Wildman–Crippen LogP) is 6.14. The molecule has 2 aromatic carbocycles. The van der Waals surface area contributed by atoms with Crippen LogP contribution in [-0.4, -0.2) is 29.8 Å². The van der Waals surface area contributed by atoms with Crippen molar-refractivity contribution in [2.45, 2.75) is 26.4 Å². The second-order valence-corrected chi connectivity index (χ2v) is 9.51. The van der Waals surface area contributed by atoms with E-state index in [0.717, 1.165) is 53.3 Å². The van der Waals surface area contributed by atoms with Crippen molar-refractivity contribution in [3.05, 3.63) is 54.0 Å². The highest BCUT2D eigenvalue weighted by molar-refractivity contribution is 9.15. The molecule has 0 spiro atoms. The largest absolute Gasteiger partial charge is 0.330 e. The van der Waals surface area contributed by atoms with Gasteiger partial charge in [-0.2, -0.15) is 0 Å². The molecule has 0 saturated carbocycles. The van der Waals surface area contributed by atoms with Crippen LogP contribution in [0.25, 0.3) is 22.4 Å². The zero-order valence-electron chi connectivity index (χ0n) is 14.7. The van der Waals surface area contributed by atoms with Crippen molar-refractivity contribution < 1.29 is 0 Å². The summed E-state index contributed by atoms with van der Waals surface area (Å²) in [5.74, 6) is 0.783. The lowest BCUT2D eigenvalue weighted by Crippen LogP contribution is -2.07. The maximum Gasteiger partial charge on any atom is 0.182 e. The monoisotopic (exact) mass is 630 g/mol. The van der Waals surface area contributed by atoms with Gasteiger partial charge in [0.2, 0.25) is 0 Å². The fourth-order valence-electron chi connectivity index (χ4n) is 3.00. The SMILES string of the molecule is Cc1ccc(-c2nnnn2CCCn2cnc3c(Br)c(Br)c(Br)c(Br)c32)cc1. The first-order valence-corrected chi connectivity index (χ1v) is 11.6. The molecule has 4 rings (SSSR count). The van der Waals surface area contributed by atoms with Crippen molar-refractivity contribution in [1.29, 1.82) is 0 Å². The van der Waals surface area contributed by atoms with Gasteiger partial charge in [-0.1, -0.05) is 29.8 Å². The summed E-state index contributed by atoms with van der Waals surface area (Å²) < 4.78 is 7.78. The molecule has 0 aliphatic heterocycles. The topological polar surface area (TPSA) is 61.4 Å². The predicted molar refractivity (Wildman–Crippen MR) is 123 cm³/mol. The van der Waals surface area contributed by atoms with Gasteiger partial charge in [0, 0.05) is 27.6 Å². The molecule has 6 nitrogen and oxygen atoms in total. The van der Waals surface area contributed by atoms with E-state index in [4.69, 9.17) is 0 Å². The minimum absolute atomic E-state index is 0.715. The summed E-state index contributed by atoms with van der Waals surface area (Å²) >= 11 is 14.5. The molecule has 2 heterocycles. The number of hydrogen-bond donors (Lipinski definition) is 0. The van der Waals surface area contributed by atoms with Gasteiger partial charge >= 0.3 is 0 Å². The lowest BCUT2D eigenvalue weighted by atomic mass is 10.1. The van der Waals surface area contributed by atoms with Gasteiger partial charge in [-0.15, -0.1) is 5.10 Å². The normalized spacial score (nSPS) is 11.5. The molecular formula is C18H14Br4N6. The lowest BCUT2D eigenvalue weighted by Gasteiger charge is -2.10. The summed E-state index contributed by atoms with van der Waals surface area (Å²) in [6.07, 6.45) is 2.73. The number of benzene rings is 2. The molecule has 0 amide bonds. The zero-order chi connectivity index (χ0) is 19.8. The molecule has 144 valence electrons. The van der Waals surface area contributed by atoms with E-state index >= 15 is 0 Å². The molecule has 0 saturated heterocycles. The Bertz CT molecular complexity index is 1150. The molecule has 0 atom stereocenters. The van der Waals surface area contributed by atoms with Gasteiger partial charge in [0.05, 0.1) is 20.8 Å². The number of aromatic nitrogens is 6. The number of fused-ring (bicyclic) bond motifs is 1. The third-order valence-electron chi connectivity index (χ3n) is 4.44. The summed E-state index contributed by atoms with van der Waals surface area (Å²) in [6.45, 7) is 3.57. The van der Waals surface area contributed by atoms with Crippen LogP contribution in [0.3, 0.4) is 0 Å². The smallest absolute Gasteiger partial charge is 0.182 e. The Hall–Kier alpha value is -1.10. The van der Waals surface area contributed by atoms with Crippen molar-refractivity contribution >= 4 is 74.8 Å². The third-order valence-corrected chi connectivity index (χ3v) is 9.17. The first-order valence-electron chi connectivity index (χ1n) is 8.47. The lowest BCUT2D eigenvalue weighted by molar-refractivity contribution is 0.523. The second kappa shape index (κ2) is 8.33. The highest BCUT2D eigenvalue weighted by Gasteiger charge is 2.18. The van der Waals surface area contributed by atoms with Crippen molar-refractivity contribution in [3.8, 4) is 11.4 Å². The van der Waals surface area contributed by atoms with Crippen molar-refractivity contribution in [2.24, 2.45) is 0 Å². The molecule has 4 aromatic rings. The fraction of sp³-hybridized carbons (Fsp3) is 0.222. The number of hydrogen-bond acceptors (Lipinski definition) is 4. The second-order valence-electron chi connectivity index (χ2n) is 6.34. The molecule has 0 aliphatic carbocycles. The average molecular weight is 634 g/mol. The first-order chi connectivity index (χ1) is 13.5. The van der Waals surface area contributed by atoms with Gasteiger partial charge in [-0.3, -0.25) is 0 Å². The molecular weight excluding hydrogens is 620 g/mol. The number of nitrogens with zero attached hydrogens (tertiary/aromatic N) is 6. The standard InChI is InChI=1S/C18H14Br4N6/c1-10-3-5-11(6-4-10)18-24-25-26-28(18)8-2-7-27-9-23-16-14(21)12(19)13(20)15(22)17(16)27/h3-6,9H,2,7-8H2,1H3.